The van der Waals surface area contributed by atoms with E-state index in [-0.39, 0.29) is 6.04 Å². The Bertz CT molecular complexity index is 375. The van der Waals surface area contributed by atoms with Crippen LogP contribution in [-0.4, -0.2) is 25.4 Å². The molecule has 5 heteroatoms. The molecule has 2 unspecified atom stereocenters. The molecular weight excluding hydrogens is 255 g/mol. The van der Waals surface area contributed by atoms with Crippen LogP contribution in [0.25, 0.3) is 0 Å². The van der Waals surface area contributed by atoms with Gasteiger partial charge in [0.1, 0.15) is 6.61 Å². The summed E-state index contributed by atoms with van der Waals surface area (Å²) in [7, 11) is 0. The summed E-state index contributed by atoms with van der Waals surface area (Å²) in [5.74, 6) is 0. The van der Waals surface area contributed by atoms with Crippen molar-refractivity contribution in [1.82, 2.24) is 5.32 Å². The molecule has 0 aliphatic carbocycles. The maximum atomic E-state index is 12.2. The SMILES string of the molecule is CCNC(c1ccc(C)cc1)C(C)OCC(F)(F)F. The predicted molar refractivity (Wildman–Crippen MR) is 69.1 cm³/mol. The van der Waals surface area contributed by atoms with Crippen LogP contribution in [0.3, 0.4) is 0 Å². The number of likely N-dealkylation sites (N-methyl/N-ethyl adjacent to an activating group) is 1. The van der Waals surface area contributed by atoms with E-state index >= 15 is 0 Å². The minimum atomic E-state index is -4.29. The Kier molecular flexibility index (Phi) is 5.82. The summed E-state index contributed by atoms with van der Waals surface area (Å²) in [4.78, 5) is 0. The lowest BCUT2D eigenvalue weighted by molar-refractivity contribution is -0.186. The molecule has 0 amide bonds. The van der Waals surface area contributed by atoms with Gasteiger partial charge >= 0.3 is 6.18 Å². The van der Waals surface area contributed by atoms with E-state index in [9.17, 15) is 13.2 Å². The maximum Gasteiger partial charge on any atom is 0.411 e. The molecule has 2 atom stereocenters. The second kappa shape index (κ2) is 6.91. The zero-order valence-corrected chi connectivity index (χ0v) is 11.4. The number of aryl methyl sites for hydroxylation is 1. The second-order valence-corrected chi connectivity index (χ2v) is 4.58. The molecule has 0 aliphatic heterocycles. The number of ether oxygens (including phenoxy) is 1. The van der Waals surface area contributed by atoms with Crippen molar-refractivity contribution in [2.75, 3.05) is 13.2 Å². The molecule has 0 saturated carbocycles. The van der Waals surface area contributed by atoms with Gasteiger partial charge in [0.05, 0.1) is 12.1 Å². The molecule has 0 fully saturated rings. The lowest BCUT2D eigenvalue weighted by atomic mass is 10.0. The van der Waals surface area contributed by atoms with Gasteiger partial charge in [0.2, 0.25) is 0 Å². The fourth-order valence-electron chi connectivity index (χ4n) is 1.87. The van der Waals surface area contributed by atoms with Gasteiger partial charge in [0, 0.05) is 0 Å². The zero-order valence-electron chi connectivity index (χ0n) is 11.4. The van der Waals surface area contributed by atoms with E-state index in [0.717, 1.165) is 11.1 Å². The highest BCUT2D eigenvalue weighted by Gasteiger charge is 2.30. The first-order valence-corrected chi connectivity index (χ1v) is 6.31. The third kappa shape index (κ3) is 5.61. The molecular formula is C14H20F3NO. The molecule has 1 N–H and O–H groups in total. The average molecular weight is 275 g/mol. The number of alkyl halides is 3. The Balaban J connectivity index is 2.73. The van der Waals surface area contributed by atoms with Gasteiger partial charge in [-0.25, -0.2) is 0 Å². The molecule has 1 aromatic carbocycles. The van der Waals surface area contributed by atoms with Crippen molar-refractivity contribution in [3.05, 3.63) is 35.4 Å². The third-order valence-corrected chi connectivity index (χ3v) is 2.84. The largest absolute Gasteiger partial charge is 0.411 e. The summed E-state index contributed by atoms with van der Waals surface area (Å²) in [6.07, 6.45) is -4.84. The fourth-order valence-corrected chi connectivity index (χ4v) is 1.87. The number of halogens is 3. The lowest BCUT2D eigenvalue weighted by Gasteiger charge is -2.26. The van der Waals surface area contributed by atoms with E-state index in [1.807, 2.05) is 38.1 Å². The molecule has 0 spiro atoms. The highest BCUT2D eigenvalue weighted by Crippen LogP contribution is 2.22. The Hall–Kier alpha value is -1.07. The van der Waals surface area contributed by atoms with Crippen molar-refractivity contribution in [2.45, 2.75) is 39.1 Å². The quantitative estimate of drug-likeness (QED) is 0.856. The molecule has 0 aromatic heterocycles. The molecule has 1 rings (SSSR count). The predicted octanol–water partition coefficient (Wildman–Crippen LogP) is 3.61. The summed E-state index contributed by atoms with van der Waals surface area (Å²) < 4.78 is 41.4. The van der Waals surface area contributed by atoms with E-state index in [0.29, 0.717) is 6.54 Å². The monoisotopic (exact) mass is 275 g/mol. The van der Waals surface area contributed by atoms with Gasteiger partial charge in [-0.2, -0.15) is 13.2 Å². The second-order valence-electron chi connectivity index (χ2n) is 4.58. The van der Waals surface area contributed by atoms with Crippen LogP contribution in [0.5, 0.6) is 0 Å². The van der Waals surface area contributed by atoms with Gasteiger partial charge in [-0.05, 0) is 26.0 Å². The summed E-state index contributed by atoms with van der Waals surface area (Å²) in [6.45, 7) is 4.98. The molecule has 2 nitrogen and oxygen atoms in total. The molecule has 0 aliphatic rings. The zero-order chi connectivity index (χ0) is 14.5. The lowest BCUT2D eigenvalue weighted by Crippen LogP contribution is -2.34. The molecule has 0 radical (unpaired) electrons. The van der Waals surface area contributed by atoms with Crippen molar-refractivity contribution in [1.29, 1.82) is 0 Å². The van der Waals surface area contributed by atoms with Crippen LogP contribution in [0.4, 0.5) is 13.2 Å². The number of benzene rings is 1. The molecule has 0 saturated heterocycles. The van der Waals surface area contributed by atoms with E-state index < -0.39 is 18.9 Å². The van der Waals surface area contributed by atoms with Crippen LogP contribution in [0.15, 0.2) is 24.3 Å². The third-order valence-electron chi connectivity index (χ3n) is 2.84. The Labute approximate surface area is 112 Å². The maximum absolute atomic E-state index is 12.2. The summed E-state index contributed by atoms with van der Waals surface area (Å²) in [5.41, 5.74) is 2.05. The number of hydrogen-bond acceptors (Lipinski definition) is 2. The first kappa shape index (κ1) is 16.0. The fraction of sp³-hybridized carbons (Fsp3) is 0.571. The molecule has 19 heavy (non-hydrogen) atoms. The minimum absolute atomic E-state index is 0.243. The summed E-state index contributed by atoms with van der Waals surface area (Å²) in [6, 6.07) is 7.46. The van der Waals surface area contributed by atoms with Crippen LogP contribution in [-0.2, 0) is 4.74 Å². The summed E-state index contributed by atoms with van der Waals surface area (Å²) >= 11 is 0. The topological polar surface area (TPSA) is 21.3 Å². The van der Waals surface area contributed by atoms with Crippen molar-refractivity contribution in [2.24, 2.45) is 0 Å². The first-order valence-electron chi connectivity index (χ1n) is 6.31. The van der Waals surface area contributed by atoms with Crippen LogP contribution >= 0.6 is 0 Å². The Morgan fingerprint density at radius 1 is 1.21 bits per heavy atom. The van der Waals surface area contributed by atoms with Crippen LogP contribution < -0.4 is 5.32 Å². The van der Waals surface area contributed by atoms with Gasteiger partial charge in [0.25, 0.3) is 0 Å². The van der Waals surface area contributed by atoms with Crippen molar-refractivity contribution < 1.29 is 17.9 Å². The average Bonchev–Trinajstić information content (AvgIpc) is 2.33. The molecule has 0 heterocycles. The van der Waals surface area contributed by atoms with Crippen LogP contribution in [0, 0.1) is 6.92 Å². The van der Waals surface area contributed by atoms with E-state index in [1.54, 1.807) is 6.92 Å². The Morgan fingerprint density at radius 2 is 1.79 bits per heavy atom. The summed E-state index contributed by atoms with van der Waals surface area (Å²) in [5, 5.41) is 3.16. The highest BCUT2D eigenvalue weighted by molar-refractivity contribution is 5.24. The molecule has 108 valence electrons. The van der Waals surface area contributed by atoms with Gasteiger partial charge in [-0.3, -0.25) is 0 Å². The van der Waals surface area contributed by atoms with E-state index in [1.165, 1.54) is 0 Å². The van der Waals surface area contributed by atoms with E-state index in [4.69, 9.17) is 4.74 Å². The van der Waals surface area contributed by atoms with Crippen molar-refractivity contribution in [3.8, 4) is 0 Å². The Morgan fingerprint density at radius 3 is 2.26 bits per heavy atom. The van der Waals surface area contributed by atoms with Gasteiger partial charge < -0.3 is 10.1 Å². The molecule has 1 aromatic rings. The number of rotatable bonds is 6. The number of hydrogen-bond donors (Lipinski definition) is 1. The van der Waals surface area contributed by atoms with Crippen molar-refractivity contribution >= 4 is 0 Å². The standard InChI is InChI=1S/C14H20F3NO/c1-4-18-13(11(3)19-9-14(15,16)17)12-7-5-10(2)6-8-12/h5-8,11,13,18H,4,9H2,1-3H3. The van der Waals surface area contributed by atoms with Crippen LogP contribution in [0.1, 0.15) is 31.0 Å². The number of nitrogens with one attached hydrogen (secondary N) is 1. The normalized spacial score (nSPS) is 15.3. The minimum Gasteiger partial charge on any atom is -0.367 e. The first-order chi connectivity index (χ1) is 8.83. The van der Waals surface area contributed by atoms with Gasteiger partial charge in [-0.1, -0.05) is 36.8 Å². The van der Waals surface area contributed by atoms with Gasteiger partial charge in [-0.15, -0.1) is 0 Å². The van der Waals surface area contributed by atoms with Crippen molar-refractivity contribution in [3.63, 3.8) is 0 Å². The molecule has 0 bridgehead atoms. The highest BCUT2D eigenvalue weighted by atomic mass is 19.4. The van der Waals surface area contributed by atoms with Crippen LogP contribution in [0.2, 0.25) is 0 Å². The smallest absolute Gasteiger partial charge is 0.367 e. The van der Waals surface area contributed by atoms with E-state index in [2.05, 4.69) is 5.32 Å². The van der Waals surface area contributed by atoms with Gasteiger partial charge in [0.15, 0.2) is 0 Å².